The van der Waals surface area contributed by atoms with Gasteiger partial charge in [0, 0.05) is 12.5 Å². The third-order valence-corrected chi connectivity index (χ3v) is 3.56. The molecule has 0 saturated heterocycles. The van der Waals surface area contributed by atoms with E-state index in [9.17, 15) is 4.79 Å². The molecule has 0 aromatic carbocycles. The number of carbonyl (C=O) groups is 1. The number of carbonyl (C=O) groups excluding carboxylic acids is 1. The van der Waals surface area contributed by atoms with Crippen LogP contribution in [0.5, 0.6) is 0 Å². The largest absolute Gasteiger partial charge is 0.353 e. The molecule has 0 aliphatic heterocycles. The van der Waals surface area contributed by atoms with Crippen LogP contribution >= 0.6 is 12.4 Å². The molecule has 0 aromatic rings. The summed E-state index contributed by atoms with van der Waals surface area (Å²) in [5.41, 5.74) is 0. The van der Waals surface area contributed by atoms with Crippen LogP contribution in [0.25, 0.3) is 0 Å². The number of amides is 1. The number of nitrogens with one attached hydrogen (secondary N) is 2. The van der Waals surface area contributed by atoms with Gasteiger partial charge in [0.25, 0.3) is 0 Å². The van der Waals surface area contributed by atoms with Crippen LogP contribution in [0.1, 0.15) is 51.9 Å². The van der Waals surface area contributed by atoms with Crippen molar-refractivity contribution in [2.24, 2.45) is 5.92 Å². The summed E-state index contributed by atoms with van der Waals surface area (Å²) in [7, 11) is 1.92. The Morgan fingerprint density at radius 3 is 2.76 bits per heavy atom. The molecule has 2 atom stereocenters. The van der Waals surface area contributed by atoms with E-state index in [4.69, 9.17) is 0 Å². The Balaban J connectivity index is 0.00000256. The van der Waals surface area contributed by atoms with E-state index in [-0.39, 0.29) is 18.3 Å². The second-order valence-electron chi connectivity index (χ2n) is 4.91. The molecule has 0 aromatic heterocycles. The van der Waals surface area contributed by atoms with Crippen molar-refractivity contribution in [3.8, 4) is 0 Å². The van der Waals surface area contributed by atoms with Gasteiger partial charge in [-0.05, 0) is 38.8 Å². The average molecular weight is 263 g/mol. The Morgan fingerprint density at radius 1 is 1.35 bits per heavy atom. The fourth-order valence-electron chi connectivity index (χ4n) is 2.52. The summed E-state index contributed by atoms with van der Waals surface area (Å²) >= 11 is 0. The second kappa shape index (κ2) is 9.72. The summed E-state index contributed by atoms with van der Waals surface area (Å²) in [5, 5.41) is 6.24. The summed E-state index contributed by atoms with van der Waals surface area (Å²) < 4.78 is 0. The van der Waals surface area contributed by atoms with Crippen LogP contribution in [0.15, 0.2) is 0 Å². The molecule has 0 heterocycles. The van der Waals surface area contributed by atoms with Gasteiger partial charge in [-0.15, -0.1) is 12.4 Å². The normalized spacial score (nSPS) is 23.9. The smallest absolute Gasteiger partial charge is 0.220 e. The Morgan fingerprint density at radius 2 is 2.12 bits per heavy atom. The first-order valence-electron chi connectivity index (χ1n) is 6.70. The van der Waals surface area contributed by atoms with Crippen LogP contribution in [0, 0.1) is 5.92 Å². The Bertz CT molecular complexity index is 212. The molecule has 2 unspecified atom stereocenters. The lowest BCUT2D eigenvalue weighted by atomic mass is 9.84. The fourth-order valence-corrected chi connectivity index (χ4v) is 2.52. The molecule has 0 bridgehead atoms. The van der Waals surface area contributed by atoms with Gasteiger partial charge >= 0.3 is 0 Å². The molecule has 1 saturated carbocycles. The third kappa shape index (κ3) is 6.89. The molecular weight excluding hydrogens is 236 g/mol. The lowest BCUT2D eigenvalue weighted by molar-refractivity contribution is -0.122. The predicted molar refractivity (Wildman–Crippen MR) is 74.6 cm³/mol. The van der Waals surface area contributed by atoms with Gasteiger partial charge in [-0.3, -0.25) is 4.79 Å². The van der Waals surface area contributed by atoms with Crippen molar-refractivity contribution in [2.75, 3.05) is 13.6 Å². The standard InChI is InChI=1S/C13H26N2O.ClH/c1-3-11-6-4-7-12(10-11)15-13(16)8-5-9-14-2;/h11-12,14H,3-10H2,1-2H3,(H,15,16);1H. The van der Waals surface area contributed by atoms with E-state index in [1.54, 1.807) is 0 Å². The van der Waals surface area contributed by atoms with E-state index in [0.29, 0.717) is 12.5 Å². The molecule has 1 amide bonds. The fraction of sp³-hybridized carbons (Fsp3) is 0.923. The van der Waals surface area contributed by atoms with Crippen molar-refractivity contribution in [1.29, 1.82) is 0 Å². The van der Waals surface area contributed by atoms with Crippen LogP contribution in [0.2, 0.25) is 0 Å². The SMILES string of the molecule is CCC1CCCC(NC(=O)CCCNC)C1.Cl. The second-order valence-corrected chi connectivity index (χ2v) is 4.91. The minimum atomic E-state index is 0. The molecule has 0 radical (unpaired) electrons. The highest BCUT2D eigenvalue weighted by Gasteiger charge is 2.21. The molecule has 3 nitrogen and oxygen atoms in total. The minimum Gasteiger partial charge on any atom is -0.353 e. The summed E-state index contributed by atoms with van der Waals surface area (Å²) in [4.78, 5) is 11.6. The number of rotatable bonds is 6. The molecular formula is C13H27ClN2O. The molecule has 1 fully saturated rings. The highest BCUT2D eigenvalue weighted by Crippen LogP contribution is 2.26. The lowest BCUT2D eigenvalue weighted by Gasteiger charge is -2.29. The Kier molecular flexibility index (Phi) is 9.56. The van der Waals surface area contributed by atoms with Gasteiger partial charge in [0.2, 0.25) is 5.91 Å². The number of hydrogen-bond donors (Lipinski definition) is 2. The van der Waals surface area contributed by atoms with E-state index in [2.05, 4.69) is 17.6 Å². The predicted octanol–water partition coefficient (Wildman–Crippen LogP) is 2.49. The van der Waals surface area contributed by atoms with Gasteiger partial charge in [-0.2, -0.15) is 0 Å². The zero-order valence-electron chi connectivity index (χ0n) is 11.1. The van der Waals surface area contributed by atoms with Gasteiger partial charge in [-0.25, -0.2) is 0 Å². The van der Waals surface area contributed by atoms with Crippen molar-refractivity contribution in [3.63, 3.8) is 0 Å². The highest BCUT2D eigenvalue weighted by atomic mass is 35.5. The maximum atomic E-state index is 11.6. The van der Waals surface area contributed by atoms with Crippen molar-refractivity contribution < 1.29 is 4.79 Å². The van der Waals surface area contributed by atoms with E-state index < -0.39 is 0 Å². The van der Waals surface area contributed by atoms with Gasteiger partial charge in [0.1, 0.15) is 0 Å². The third-order valence-electron chi connectivity index (χ3n) is 3.56. The maximum absolute atomic E-state index is 11.6. The van der Waals surface area contributed by atoms with Crippen molar-refractivity contribution in [2.45, 2.75) is 57.9 Å². The first-order chi connectivity index (χ1) is 7.76. The van der Waals surface area contributed by atoms with Crippen LogP contribution < -0.4 is 10.6 Å². The van der Waals surface area contributed by atoms with Crippen LogP contribution in [0.3, 0.4) is 0 Å². The van der Waals surface area contributed by atoms with Gasteiger partial charge in [0.15, 0.2) is 0 Å². The molecule has 102 valence electrons. The summed E-state index contributed by atoms with van der Waals surface area (Å²) in [6.07, 6.45) is 7.84. The van der Waals surface area contributed by atoms with Crippen molar-refractivity contribution in [1.82, 2.24) is 10.6 Å². The van der Waals surface area contributed by atoms with Crippen molar-refractivity contribution in [3.05, 3.63) is 0 Å². The first kappa shape index (κ1) is 16.7. The first-order valence-corrected chi connectivity index (χ1v) is 6.70. The number of halogens is 1. The molecule has 17 heavy (non-hydrogen) atoms. The summed E-state index contributed by atoms with van der Waals surface area (Å²) in [6, 6.07) is 0.445. The molecule has 1 aliphatic carbocycles. The quantitative estimate of drug-likeness (QED) is 0.722. The lowest BCUT2D eigenvalue weighted by Crippen LogP contribution is -2.38. The number of hydrogen-bond acceptors (Lipinski definition) is 2. The summed E-state index contributed by atoms with van der Waals surface area (Å²) in [5.74, 6) is 1.06. The molecule has 4 heteroatoms. The zero-order valence-corrected chi connectivity index (χ0v) is 11.9. The van der Waals surface area contributed by atoms with Crippen LogP contribution in [0.4, 0.5) is 0 Å². The Labute approximate surface area is 112 Å². The molecule has 1 rings (SSSR count). The summed E-state index contributed by atoms with van der Waals surface area (Å²) in [6.45, 7) is 3.18. The molecule has 1 aliphatic rings. The van der Waals surface area contributed by atoms with Gasteiger partial charge < -0.3 is 10.6 Å². The topological polar surface area (TPSA) is 41.1 Å². The molecule has 0 spiro atoms. The minimum absolute atomic E-state index is 0. The van der Waals surface area contributed by atoms with Gasteiger partial charge in [-0.1, -0.05) is 26.2 Å². The maximum Gasteiger partial charge on any atom is 0.220 e. The average Bonchev–Trinajstić information content (AvgIpc) is 2.29. The van der Waals surface area contributed by atoms with Crippen LogP contribution in [-0.4, -0.2) is 25.5 Å². The van der Waals surface area contributed by atoms with Crippen LogP contribution in [-0.2, 0) is 4.79 Å². The zero-order chi connectivity index (χ0) is 11.8. The van der Waals surface area contributed by atoms with E-state index >= 15 is 0 Å². The van der Waals surface area contributed by atoms with E-state index in [0.717, 1.165) is 18.9 Å². The van der Waals surface area contributed by atoms with E-state index in [1.165, 1.54) is 32.1 Å². The highest BCUT2D eigenvalue weighted by molar-refractivity contribution is 5.85. The Hall–Kier alpha value is -0.280. The monoisotopic (exact) mass is 262 g/mol. The molecule has 2 N–H and O–H groups in total. The van der Waals surface area contributed by atoms with Gasteiger partial charge in [0.05, 0.1) is 0 Å². The van der Waals surface area contributed by atoms with Crippen molar-refractivity contribution >= 4 is 18.3 Å². The van der Waals surface area contributed by atoms with E-state index in [1.807, 2.05) is 7.05 Å².